The number of nitrogens with one attached hydrogen (secondary N) is 1. The van der Waals surface area contributed by atoms with Crippen molar-refractivity contribution < 1.29 is 23.8 Å². The van der Waals surface area contributed by atoms with Gasteiger partial charge in [-0.2, -0.15) is 0 Å². The molecule has 7 heteroatoms. The molecule has 3 aromatic rings. The predicted molar refractivity (Wildman–Crippen MR) is 110 cm³/mol. The van der Waals surface area contributed by atoms with Crippen LogP contribution in [0.5, 0.6) is 11.5 Å². The lowest BCUT2D eigenvalue weighted by molar-refractivity contribution is 0.0472. The van der Waals surface area contributed by atoms with E-state index in [1.807, 2.05) is 30.3 Å². The normalized spacial score (nSPS) is 10.1. The summed E-state index contributed by atoms with van der Waals surface area (Å²) in [5, 5.41) is 3.06. The van der Waals surface area contributed by atoms with E-state index in [0.717, 1.165) is 5.56 Å². The second-order valence-corrected chi connectivity index (χ2v) is 6.38. The molecule has 0 unspecified atom stereocenters. The quantitative estimate of drug-likeness (QED) is 0.556. The Kier molecular flexibility index (Phi) is 6.71. The monoisotopic (exact) mass is 411 g/mol. The van der Waals surface area contributed by atoms with Crippen molar-refractivity contribution in [1.29, 1.82) is 0 Å². The Balaban J connectivity index is 1.56. The smallest absolute Gasteiger partial charge is 0.417 e. The molecule has 0 aliphatic carbocycles. The van der Waals surface area contributed by atoms with Crippen molar-refractivity contribution in [3.05, 3.63) is 88.9 Å². The van der Waals surface area contributed by atoms with Crippen molar-refractivity contribution in [2.24, 2.45) is 0 Å². The average molecular weight is 412 g/mol. The highest BCUT2D eigenvalue weighted by Gasteiger charge is 2.12. The zero-order valence-corrected chi connectivity index (χ0v) is 16.3. The van der Waals surface area contributed by atoms with Gasteiger partial charge in [-0.1, -0.05) is 41.9 Å². The van der Waals surface area contributed by atoms with Crippen molar-refractivity contribution in [2.45, 2.75) is 6.61 Å². The molecule has 0 radical (unpaired) electrons. The maximum atomic E-state index is 12.1. The standard InChI is InChI=1S/C22H18ClNO5/c1-27-20-13-17(23)9-12-19(20)24-22(26)29-18-10-7-16(8-11-18)21(25)28-14-15-5-3-2-4-6-15/h2-13H,14H2,1H3,(H,24,26). The zero-order chi connectivity index (χ0) is 20.6. The number of halogens is 1. The lowest BCUT2D eigenvalue weighted by Gasteiger charge is -2.11. The number of ether oxygens (including phenoxy) is 3. The third-order valence-electron chi connectivity index (χ3n) is 3.91. The number of benzene rings is 3. The van der Waals surface area contributed by atoms with Gasteiger partial charge in [-0.3, -0.25) is 5.32 Å². The third kappa shape index (κ3) is 5.73. The molecule has 0 atom stereocenters. The highest BCUT2D eigenvalue weighted by Crippen LogP contribution is 2.28. The Bertz CT molecular complexity index is 990. The highest BCUT2D eigenvalue weighted by atomic mass is 35.5. The number of anilines is 1. The van der Waals surface area contributed by atoms with Gasteiger partial charge in [0.05, 0.1) is 18.4 Å². The van der Waals surface area contributed by atoms with E-state index in [0.29, 0.717) is 22.0 Å². The molecule has 0 aliphatic heterocycles. The van der Waals surface area contributed by atoms with Crippen LogP contribution < -0.4 is 14.8 Å². The maximum Gasteiger partial charge on any atom is 0.417 e. The van der Waals surface area contributed by atoms with E-state index in [1.165, 1.54) is 31.4 Å². The number of esters is 1. The summed E-state index contributed by atoms with van der Waals surface area (Å²) < 4.78 is 15.7. The molecule has 3 aromatic carbocycles. The van der Waals surface area contributed by atoms with E-state index in [1.54, 1.807) is 18.2 Å². The molecule has 148 valence electrons. The van der Waals surface area contributed by atoms with E-state index in [2.05, 4.69) is 5.32 Å². The Morgan fingerprint density at radius 1 is 0.966 bits per heavy atom. The van der Waals surface area contributed by atoms with Gasteiger partial charge in [0.15, 0.2) is 0 Å². The van der Waals surface area contributed by atoms with Gasteiger partial charge in [0.1, 0.15) is 18.1 Å². The van der Waals surface area contributed by atoms with Gasteiger partial charge < -0.3 is 14.2 Å². The van der Waals surface area contributed by atoms with Crippen molar-refractivity contribution in [1.82, 2.24) is 0 Å². The summed E-state index contributed by atoms with van der Waals surface area (Å²) in [6.07, 6.45) is -0.704. The van der Waals surface area contributed by atoms with Gasteiger partial charge in [-0.15, -0.1) is 0 Å². The maximum absolute atomic E-state index is 12.1. The van der Waals surface area contributed by atoms with Gasteiger partial charge >= 0.3 is 12.1 Å². The minimum absolute atomic E-state index is 0.184. The molecule has 0 aromatic heterocycles. The molecule has 0 bridgehead atoms. The second kappa shape index (κ2) is 9.61. The Morgan fingerprint density at radius 2 is 1.69 bits per heavy atom. The van der Waals surface area contributed by atoms with Gasteiger partial charge in [0.25, 0.3) is 0 Å². The van der Waals surface area contributed by atoms with E-state index in [-0.39, 0.29) is 12.4 Å². The molecule has 0 aliphatic rings. The van der Waals surface area contributed by atoms with E-state index in [4.69, 9.17) is 25.8 Å². The number of hydrogen-bond acceptors (Lipinski definition) is 5. The zero-order valence-electron chi connectivity index (χ0n) is 15.6. The number of carbonyl (C=O) groups is 2. The van der Waals surface area contributed by atoms with Crippen LogP contribution in [0.4, 0.5) is 10.5 Å². The molecular formula is C22H18ClNO5. The van der Waals surface area contributed by atoms with E-state index >= 15 is 0 Å². The van der Waals surface area contributed by atoms with Gasteiger partial charge in [0, 0.05) is 11.1 Å². The molecule has 1 N–H and O–H groups in total. The summed E-state index contributed by atoms with van der Waals surface area (Å²) in [5.74, 6) is 0.219. The summed E-state index contributed by atoms with van der Waals surface area (Å²) in [4.78, 5) is 24.2. The van der Waals surface area contributed by atoms with Crippen molar-refractivity contribution in [3.63, 3.8) is 0 Å². The molecule has 29 heavy (non-hydrogen) atoms. The summed E-state index contributed by atoms with van der Waals surface area (Å²) in [6.45, 7) is 0.184. The van der Waals surface area contributed by atoms with Crippen LogP contribution >= 0.6 is 11.6 Å². The van der Waals surface area contributed by atoms with Crippen LogP contribution in [-0.2, 0) is 11.3 Å². The molecular weight excluding hydrogens is 394 g/mol. The first-order valence-electron chi connectivity index (χ1n) is 8.68. The van der Waals surface area contributed by atoms with Gasteiger partial charge in [-0.25, -0.2) is 9.59 Å². The first kappa shape index (κ1) is 20.2. The molecule has 1 amide bonds. The van der Waals surface area contributed by atoms with Crippen molar-refractivity contribution in [3.8, 4) is 11.5 Å². The molecule has 0 saturated carbocycles. The van der Waals surface area contributed by atoms with Crippen LogP contribution in [0, 0.1) is 0 Å². The molecule has 0 spiro atoms. The predicted octanol–water partition coefficient (Wildman–Crippen LogP) is 5.32. The Hall–Kier alpha value is -3.51. The summed E-state index contributed by atoms with van der Waals surface area (Å²) in [7, 11) is 1.47. The number of methoxy groups -OCH3 is 1. The van der Waals surface area contributed by atoms with Crippen molar-refractivity contribution >= 4 is 29.4 Å². The highest BCUT2D eigenvalue weighted by molar-refractivity contribution is 6.30. The summed E-state index contributed by atoms with van der Waals surface area (Å²) in [6, 6.07) is 20.3. The molecule has 0 fully saturated rings. The topological polar surface area (TPSA) is 73.9 Å². The molecule has 3 rings (SSSR count). The fourth-order valence-electron chi connectivity index (χ4n) is 2.48. The average Bonchev–Trinajstić information content (AvgIpc) is 2.74. The SMILES string of the molecule is COc1cc(Cl)ccc1NC(=O)Oc1ccc(C(=O)OCc2ccccc2)cc1. The molecule has 0 heterocycles. The fraction of sp³-hybridized carbons (Fsp3) is 0.0909. The lowest BCUT2D eigenvalue weighted by Crippen LogP contribution is -2.17. The first-order chi connectivity index (χ1) is 14.0. The van der Waals surface area contributed by atoms with Crippen LogP contribution in [0.15, 0.2) is 72.8 Å². The van der Waals surface area contributed by atoms with Crippen LogP contribution in [0.1, 0.15) is 15.9 Å². The van der Waals surface area contributed by atoms with Crippen LogP contribution in [0.3, 0.4) is 0 Å². The number of amides is 1. The summed E-state index contributed by atoms with van der Waals surface area (Å²) in [5.41, 5.74) is 1.67. The second-order valence-electron chi connectivity index (χ2n) is 5.95. The summed E-state index contributed by atoms with van der Waals surface area (Å²) >= 11 is 5.90. The van der Waals surface area contributed by atoms with Crippen LogP contribution in [0.25, 0.3) is 0 Å². The fourth-order valence-corrected chi connectivity index (χ4v) is 2.64. The van der Waals surface area contributed by atoms with Crippen LogP contribution in [-0.4, -0.2) is 19.2 Å². The van der Waals surface area contributed by atoms with E-state index < -0.39 is 12.1 Å². The Labute approximate surface area is 173 Å². The largest absolute Gasteiger partial charge is 0.495 e. The number of hydrogen-bond donors (Lipinski definition) is 1. The number of rotatable bonds is 6. The Morgan fingerprint density at radius 3 is 2.38 bits per heavy atom. The first-order valence-corrected chi connectivity index (χ1v) is 9.06. The molecule has 0 saturated heterocycles. The van der Waals surface area contributed by atoms with Crippen molar-refractivity contribution in [2.75, 3.05) is 12.4 Å². The van der Waals surface area contributed by atoms with Gasteiger partial charge in [-0.05, 0) is 42.0 Å². The lowest BCUT2D eigenvalue weighted by atomic mass is 10.2. The van der Waals surface area contributed by atoms with Gasteiger partial charge in [0.2, 0.25) is 0 Å². The number of carbonyl (C=O) groups excluding carboxylic acids is 2. The minimum atomic E-state index is -0.704. The minimum Gasteiger partial charge on any atom is -0.495 e. The molecule has 6 nitrogen and oxygen atoms in total. The third-order valence-corrected chi connectivity index (χ3v) is 4.15. The van der Waals surface area contributed by atoms with E-state index in [9.17, 15) is 9.59 Å². The van der Waals surface area contributed by atoms with Crippen LogP contribution in [0.2, 0.25) is 5.02 Å².